The lowest BCUT2D eigenvalue weighted by Crippen LogP contribution is -2.30. The lowest BCUT2D eigenvalue weighted by Gasteiger charge is -2.15. The quantitative estimate of drug-likeness (QED) is 0.394. The Morgan fingerprint density at radius 3 is 2.92 bits per heavy atom. The fourth-order valence-electron chi connectivity index (χ4n) is 4.62. The number of hydrogen-bond acceptors (Lipinski definition) is 8. The fraction of sp³-hybridized carbons (Fsp3) is 0.333. The lowest BCUT2D eigenvalue weighted by atomic mass is 10.2. The normalized spacial score (nSPS) is 16.2. The zero-order chi connectivity index (χ0) is 25.0. The van der Waals surface area contributed by atoms with Gasteiger partial charge < -0.3 is 9.73 Å². The van der Waals surface area contributed by atoms with Crippen molar-refractivity contribution in [3.05, 3.63) is 67.7 Å². The summed E-state index contributed by atoms with van der Waals surface area (Å²) >= 11 is 1.50. The summed E-state index contributed by atoms with van der Waals surface area (Å²) in [7, 11) is 0. The number of nitrogens with one attached hydrogen (secondary N) is 2. The molecule has 4 aromatic rings. The minimum Gasteiger partial charge on any atom is -0.463 e. The second-order valence-corrected chi connectivity index (χ2v) is 9.96. The Morgan fingerprint density at radius 2 is 2.14 bits per heavy atom. The van der Waals surface area contributed by atoms with Gasteiger partial charge in [-0.25, -0.2) is 9.97 Å². The number of carbonyl (C=O) groups is 1. The van der Waals surface area contributed by atoms with Crippen LogP contribution in [0.25, 0.3) is 17.4 Å². The zero-order valence-electron chi connectivity index (χ0n) is 19.7. The molecule has 6 rings (SSSR count). The standard InChI is InChI=1S/C24H23N7O4S/c1-12-13(2)25-23(28-21(12)33)31-19(10-17(29-31)18-7-4-8-35-18)27-20(32)9-14-11-36-24-26-16-6-3-5-15(16)22(34)30(14)24/h4,7-8,10,14H,3,5-6,9,11H2,1-2H3,(H,27,32)(H,25,28,33). The van der Waals surface area contributed by atoms with Gasteiger partial charge in [0.05, 0.1) is 18.0 Å². The number of thioether (sulfide) groups is 1. The summed E-state index contributed by atoms with van der Waals surface area (Å²) in [6.07, 6.45) is 4.13. The molecule has 0 radical (unpaired) electrons. The molecule has 0 aromatic carbocycles. The number of carbonyl (C=O) groups excluding carboxylic acids is 1. The molecule has 0 bridgehead atoms. The SMILES string of the molecule is Cc1nc(-n2nc(-c3ccco3)cc2NC(=O)CC2CSc3nc4c(c(=O)n32)CCC4)[nH]c(=O)c1C. The van der Waals surface area contributed by atoms with Gasteiger partial charge in [-0.3, -0.25) is 23.9 Å². The molecule has 0 saturated carbocycles. The third-order valence-electron chi connectivity index (χ3n) is 6.63. The number of furan rings is 1. The van der Waals surface area contributed by atoms with Gasteiger partial charge in [0.15, 0.2) is 10.9 Å². The molecule has 184 valence electrons. The second-order valence-electron chi connectivity index (χ2n) is 8.97. The number of amides is 1. The average Bonchev–Trinajstić information content (AvgIpc) is 3.64. The number of hydrogen-bond donors (Lipinski definition) is 2. The number of anilines is 1. The minimum absolute atomic E-state index is 0.0302. The van der Waals surface area contributed by atoms with Crippen molar-refractivity contribution in [3.63, 3.8) is 0 Å². The first-order valence-electron chi connectivity index (χ1n) is 11.7. The third-order valence-corrected chi connectivity index (χ3v) is 7.72. The topological polar surface area (TPSA) is 141 Å². The molecule has 5 heterocycles. The number of nitrogens with zero attached hydrogens (tertiary/aromatic N) is 5. The van der Waals surface area contributed by atoms with Gasteiger partial charge in [0.25, 0.3) is 11.1 Å². The molecule has 2 N–H and O–H groups in total. The molecule has 36 heavy (non-hydrogen) atoms. The number of H-pyrrole nitrogens is 1. The first-order chi connectivity index (χ1) is 17.4. The molecule has 12 heteroatoms. The van der Waals surface area contributed by atoms with E-state index in [9.17, 15) is 14.4 Å². The van der Waals surface area contributed by atoms with Crippen molar-refractivity contribution in [3.8, 4) is 17.4 Å². The van der Waals surface area contributed by atoms with E-state index in [2.05, 4.69) is 25.4 Å². The molecule has 0 fully saturated rings. The van der Waals surface area contributed by atoms with Gasteiger partial charge in [-0.2, -0.15) is 9.78 Å². The summed E-state index contributed by atoms with van der Waals surface area (Å²) in [5.74, 6) is 1.31. The van der Waals surface area contributed by atoms with E-state index < -0.39 is 0 Å². The van der Waals surface area contributed by atoms with Crippen molar-refractivity contribution in [2.45, 2.75) is 50.7 Å². The van der Waals surface area contributed by atoms with Gasteiger partial charge in [0, 0.05) is 35.1 Å². The molecule has 1 aliphatic heterocycles. The monoisotopic (exact) mass is 505 g/mol. The van der Waals surface area contributed by atoms with E-state index >= 15 is 0 Å². The van der Waals surface area contributed by atoms with E-state index in [4.69, 9.17) is 4.42 Å². The lowest BCUT2D eigenvalue weighted by molar-refractivity contribution is -0.116. The Hall–Kier alpha value is -3.93. The molecule has 1 amide bonds. The molecule has 1 aliphatic carbocycles. The molecule has 0 spiro atoms. The van der Waals surface area contributed by atoms with Crippen molar-refractivity contribution in [1.82, 2.24) is 29.3 Å². The van der Waals surface area contributed by atoms with Gasteiger partial charge in [-0.15, -0.1) is 0 Å². The second kappa shape index (κ2) is 8.63. The Labute approximate surface area is 209 Å². The van der Waals surface area contributed by atoms with Gasteiger partial charge >= 0.3 is 0 Å². The Morgan fingerprint density at radius 1 is 1.28 bits per heavy atom. The van der Waals surface area contributed by atoms with Crippen LogP contribution in [0.2, 0.25) is 0 Å². The largest absolute Gasteiger partial charge is 0.463 e. The first-order valence-corrected chi connectivity index (χ1v) is 12.7. The van der Waals surface area contributed by atoms with Crippen LogP contribution in [0.3, 0.4) is 0 Å². The number of aromatic amines is 1. The van der Waals surface area contributed by atoms with E-state index in [1.165, 1.54) is 22.7 Å². The van der Waals surface area contributed by atoms with Crippen molar-refractivity contribution in [2.75, 3.05) is 11.1 Å². The highest BCUT2D eigenvalue weighted by Crippen LogP contribution is 2.34. The van der Waals surface area contributed by atoms with Gasteiger partial charge in [-0.1, -0.05) is 11.8 Å². The summed E-state index contributed by atoms with van der Waals surface area (Å²) < 4.78 is 8.51. The molecule has 0 saturated heterocycles. The maximum atomic E-state index is 13.2. The maximum absolute atomic E-state index is 13.2. The summed E-state index contributed by atoms with van der Waals surface area (Å²) in [6.45, 7) is 3.43. The van der Waals surface area contributed by atoms with E-state index in [1.807, 2.05) is 0 Å². The van der Waals surface area contributed by atoms with Crippen LogP contribution in [0.15, 0.2) is 43.6 Å². The van der Waals surface area contributed by atoms with Gasteiger partial charge in [-0.05, 0) is 45.2 Å². The predicted molar refractivity (Wildman–Crippen MR) is 133 cm³/mol. The molecular formula is C24H23N7O4S. The van der Waals surface area contributed by atoms with Crippen LogP contribution in [0, 0.1) is 13.8 Å². The summed E-state index contributed by atoms with van der Waals surface area (Å²) in [5, 5.41) is 8.08. The van der Waals surface area contributed by atoms with Crippen LogP contribution < -0.4 is 16.4 Å². The predicted octanol–water partition coefficient (Wildman–Crippen LogP) is 2.55. The minimum atomic E-state index is -0.295. The van der Waals surface area contributed by atoms with Crippen molar-refractivity contribution < 1.29 is 9.21 Å². The average molecular weight is 506 g/mol. The van der Waals surface area contributed by atoms with Gasteiger partial charge in [0.2, 0.25) is 11.9 Å². The molecule has 1 unspecified atom stereocenters. The van der Waals surface area contributed by atoms with Crippen LogP contribution in [-0.2, 0) is 17.6 Å². The van der Waals surface area contributed by atoms with Crippen molar-refractivity contribution in [2.24, 2.45) is 0 Å². The van der Waals surface area contributed by atoms with Crippen LogP contribution in [-0.4, -0.2) is 41.0 Å². The first kappa shape index (κ1) is 22.5. The maximum Gasteiger partial charge on any atom is 0.257 e. The zero-order valence-corrected chi connectivity index (χ0v) is 20.5. The molecule has 11 nitrogen and oxygen atoms in total. The van der Waals surface area contributed by atoms with Crippen molar-refractivity contribution >= 4 is 23.5 Å². The molecule has 2 aliphatic rings. The fourth-order valence-corrected chi connectivity index (χ4v) is 5.77. The summed E-state index contributed by atoms with van der Waals surface area (Å²) in [5.41, 5.74) is 2.88. The smallest absolute Gasteiger partial charge is 0.257 e. The van der Waals surface area contributed by atoms with Crippen molar-refractivity contribution in [1.29, 1.82) is 0 Å². The number of aryl methyl sites for hydroxylation is 2. The molecule has 1 atom stereocenters. The Bertz CT molecular complexity index is 1620. The van der Waals surface area contributed by atoms with E-state index in [1.54, 1.807) is 36.6 Å². The summed E-state index contributed by atoms with van der Waals surface area (Å²) in [4.78, 5) is 50.5. The highest BCUT2D eigenvalue weighted by atomic mass is 32.2. The molecular weight excluding hydrogens is 482 g/mol. The van der Waals surface area contributed by atoms with Crippen LogP contribution in [0.5, 0.6) is 0 Å². The van der Waals surface area contributed by atoms with E-state index in [0.717, 1.165) is 30.5 Å². The molecule has 4 aromatic heterocycles. The highest BCUT2D eigenvalue weighted by Gasteiger charge is 2.31. The summed E-state index contributed by atoms with van der Waals surface area (Å²) in [6, 6.07) is 4.85. The van der Waals surface area contributed by atoms with E-state index in [-0.39, 0.29) is 35.4 Å². The van der Waals surface area contributed by atoms with Crippen LogP contribution in [0.4, 0.5) is 5.82 Å². The Balaban J connectivity index is 1.31. The van der Waals surface area contributed by atoms with Crippen LogP contribution in [0.1, 0.15) is 41.4 Å². The number of fused-ring (bicyclic) bond motifs is 2. The highest BCUT2D eigenvalue weighted by molar-refractivity contribution is 7.99. The van der Waals surface area contributed by atoms with Gasteiger partial charge in [0.1, 0.15) is 11.5 Å². The Kier molecular flexibility index (Phi) is 5.40. The third kappa shape index (κ3) is 3.77. The van der Waals surface area contributed by atoms with Crippen LogP contribution >= 0.6 is 11.8 Å². The number of rotatable bonds is 5. The number of aromatic nitrogens is 6. The van der Waals surface area contributed by atoms with E-state index in [0.29, 0.717) is 39.4 Å².